The molecule has 0 rings (SSSR count). The Hall–Kier alpha value is 0.230. The quantitative estimate of drug-likeness (QED) is 0.298. The highest BCUT2D eigenvalue weighted by atomic mass is 31.0. The Morgan fingerprint density at radius 2 is 1.05 bits per heavy atom. The molecule has 0 aromatic rings. The molecule has 0 saturated heterocycles. The number of unbranched alkanes of at least 4 members (excludes halogenated alkanes) is 3. The Morgan fingerprint density at radius 1 is 0.737 bits per heavy atom. The monoisotopic (exact) mass is 298 g/mol. The van der Waals surface area contributed by atoms with Crippen molar-refractivity contribution < 1.29 is 24.2 Å². The molecule has 0 aromatic carbocycles. The van der Waals surface area contributed by atoms with Crippen LogP contribution in [0.1, 0.15) is 59.3 Å². The molecule has 5 nitrogen and oxygen atoms in total. The zero-order valence-corrected chi connectivity index (χ0v) is 13.7. The molecule has 0 fully saturated rings. The van der Waals surface area contributed by atoms with Gasteiger partial charge in [-0.05, 0) is 19.3 Å². The van der Waals surface area contributed by atoms with Crippen LogP contribution >= 0.6 is 9.47 Å². The van der Waals surface area contributed by atoms with Crippen molar-refractivity contribution in [2.24, 2.45) is 0 Å². The lowest BCUT2D eigenvalue weighted by Crippen LogP contribution is -2.40. The van der Waals surface area contributed by atoms with Gasteiger partial charge in [0.1, 0.15) is 0 Å². The Kier molecular flexibility index (Phi) is 16.6. The summed E-state index contributed by atoms with van der Waals surface area (Å²) in [5, 5.41) is 0. The molecule has 0 radical (unpaired) electrons. The number of rotatable bonds is 13. The van der Waals surface area contributed by atoms with Gasteiger partial charge in [-0.1, -0.05) is 40.0 Å². The van der Waals surface area contributed by atoms with E-state index in [9.17, 15) is 0 Å². The largest absolute Gasteiger partial charge is 0.415 e. The van der Waals surface area contributed by atoms with Crippen LogP contribution in [0, 0.1) is 0 Å². The van der Waals surface area contributed by atoms with Gasteiger partial charge in [0.05, 0.1) is 19.8 Å². The smallest absolute Gasteiger partial charge is 0.412 e. The number of ether oxygens (including phenoxy) is 3. The lowest BCUT2D eigenvalue weighted by atomic mass is 10.3. The second-order valence-electron chi connectivity index (χ2n) is 4.22. The van der Waals surface area contributed by atoms with Crippen LogP contribution in [0.25, 0.3) is 0 Å². The van der Waals surface area contributed by atoms with Crippen LogP contribution in [0.4, 0.5) is 0 Å². The SMILES string of the molecule is CCCCOC(OP)(OCCCC)OCCCC.O. The third-order valence-electron chi connectivity index (χ3n) is 2.47. The van der Waals surface area contributed by atoms with Crippen molar-refractivity contribution in [2.75, 3.05) is 19.8 Å². The average Bonchev–Trinajstić information content (AvgIpc) is 2.39. The van der Waals surface area contributed by atoms with Gasteiger partial charge in [-0.15, -0.1) is 0 Å². The molecular formula is C13H31O5P. The summed E-state index contributed by atoms with van der Waals surface area (Å²) in [7, 11) is 2.18. The van der Waals surface area contributed by atoms with Crippen LogP contribution in [-0.4, -0.2) is 31.5 Å². The Balaban J connectivity index is 0. The van der Waals surface area contributed by atoms with Crippen LogP contribution in [0.5, 0.6) is 0 Å². The molecule has 0 aromatic heterocycles. The molecule has 0 aliphatic rings. The Bertz CT molecular complexity index is 154. The van der Waals surface area contributed by atoms with E-state index in [1.54, 1.807) is 0 Å². The molecule has 1 atom stereocenters. The highest BCUT2D eigenvalue weighted by molar-refractivity contribution is 7.09. The molecule has 0 aliphatic carbocycles. The molecule has 0 saturated carbocycles. The summed E-state index contributed by atoms with van der Waals surface area (Å²) in [6.07, 6.45) is 4.74. The first-order chi connectivity index (χ1) is 8.74. The molecule has 2 N–H and O–H groups in total. The third kappa shape index (κ3) is 10.7. The zero-order chi connectivity index (χ0) is 13.7. The third-order valence-corrected chi connectivity index (χ3v) is 2.76. The van der Waals surface area contributed by atoms with Gasteiger partial charge in [0.25, 0.3) is 0 Å². The minimum Gasteiger partial charge on any atom is -0.412 e. The van der Waals surface area contributed by atoms with Crippen molar-refractivity contribution in [3.63, 3.8) is 0 Å². The first-order valence-corrected chi connectivity index (χ1v) is 7.51. The summed E-state index contributed by atoms with van der Waals surface area (Å²) in [6.45, 7) is 8.06. The van der Waals surface area contributed by atoms with Crippen molar-refractivity contribution >= 4 is 9.47 Å². The van der Waals surface area contributed by atoms with Crippen LogP contribution in [-0.2, 0) is 18.7 Å². The predicted octanol–water partition coefficient (Wildman–Crippen LogP) is 3.03. The summed E-state index contributed by atoms with van der Waals surface area (Å²) in [5.41, 5.74) is 0. The van der Waals surface area contributed by atoms with Gasteiger partial charge in [0.2, 0.25) is 0 Å². The second-order valence-corrected chi connectivity index (χ2v) is 4.46. The first kappa shape index (κ1) is 21.5. The van der Waals surface area contributed by atoms with E-state index in [-0.39, 0.29) is 5.48 Å². The fourth-order valence-corrected chi connectivity index (χ4v) is 1.46. The van der Waals surface area contributed by atoms with Crippen molar-refractivity contribution in [2.45, 2.75) is 65.5 Å². The van der Waals surface area contributed by atoms with Crippen molar-refractivity contribution in [3.05, 3.63) is 0 Å². The summed E-state index contributed by atoms with van der Waals surface area (Å²) >= 11 is 0. The summed E-state index contributed by atoms with van der Waals surface area (Å²) < 4.78 is 22.1. The normalized spacial score (nSPS) is 11.4. The minimum absolute atomic E-state index is 0. The highest BCUT2D eigenvalue weighted by Gasteiger charge is 2.34. The Labute approximate surface area is 119 Å². The van der Waals surface area contributed by atoms with Crippen LogP contribution in [0.3, 0.4) is 0 Å². The molecule has 118 valence electrons. The van der Waals surface area contributed by atoms with Gasteiger partial charge >= 0.3 is 6.16 Å². The lowest BCUT2D eigenvalue weighted by molar-refractivity contribution is -0.468. The second kappa shape index (κ2) is 14.6. The van der Waals surface area contributed by atoms with Crippen molar-refractivity contribution in [1.82, 2.24) is 0 Å². The van der Waals surface area contributed by atoms with E-state index in [1.165, 1.54) is 0 Å². The van der Waals surface area contributed by atoms with Gasteiger partial charge in [0, 0.05) is 9.47 Å². The van der Waals surface area contributed by atoms with Crippen LogP contribution in [0.15, 0.2) is 0 Å². The van der Waals surface area contributed by atoms with E-state index < -0.39 is 6.16 Å². The van der Waals surface area contributed by atoms with Crippen LogP contribution < -0.4 is 0 Å². The van der Waals surface area contributed by atoms with Crippen LogP contribution in [0.2, 0.25) is 0 Å². The standard InChI is InChI=1S/C13H29O4P.H2O/c1-4-7-10-14-13(17-18,15-11-8-5-2)16-12-9-6-3;/h4-12,18H2,1-3H3;1H2. The van der Waals surface area contributed by atoms with Gasteiger partial charge in [-0.3, -0.25) is 4.52 Å². The van der Waals surface area contributed by atoms with Crippen molar-refractivity contribution in [1.29, 1.82) is 0 Å². The molecule has 0 amide bonds. The zero-order valence-electron chi connectivity index (χ0n) is 12.6. The number of hydrogen-bond acceptors (Lipinski definition) is 4. The van der Waals surface area contributed by atoms with E-state index in [0.717, 1.165) is 38.5 Å². The molecule has 0 bridgehead atoms. The van der Waals surface area contributed by atoms with Crippen molar-refractivity contribution in [3.8, 4) is 0 Å². The van der Waals surface area contributed by atoms with E-state index in [4.69, 9.17) is 18.7 Å². The fourth-order valence-electron chi connectivity index (χ4n) is 1.25. The predicted molar refractivity (Wildman–Crippen MR) is 79.7 cm³/mol. The fraction of sp³-hybridized carbons (Fsp3) is 1.00. The van der Waals surface area contributed by atoms with Gasteiger partial charge < -0.3 is 19.7 Å². The highest BCUT2D eigenvalue weighted by Crippen LogP contribution is 2.22. The maximum absolute atomic E-state index is 5.62. The van der Waals surface area contributed by atoms with E-state index in [0.29, 0.717) is 19.8 Å². The lowest BCUT2D eigenvalue weighted by Gasteiger charge is -2.30. The summed E-state index contributed by atoms with van der Waals surface area (Å²) in [5.74, 6) is 0. The van der Waals surface area contributed by atoms with Gasteiger partial charge in [-0.25, -0.2) is 0 Å². The number of hydrogen-bond donors (Lipinski definition) is 0. The molecule has 1 unspecified atom stereocenters. The molecule has 0 aliphatic heterocycles. The van der Waals surface area contributed by atoms with E-state index in [2.05, 4.69) is 30.2 Å². The van der Waals surface area contributed by atoms with Gasteiger partial charge in [-0.2, -0.15) is 0 Å². The van der Waals surface area contributed by atoms with E-state index in [1.807, 2.05) is 0 Å². The molecule has 6 heteroatoms. The molecular weight excluding hydrogens is 267 g/mol. The van der Waals surface area contributed by atoms with E-state index >= 15 is 0 Å². The average molecular weight is 298 g/mol. The van der Waals surface area contributed by atoms with Gasteiger partial charge in [0.15, 0.2) is 0 Å². The Morgan fingerprint density at radius 3 is 1.26 bits per heavy atom. The summed E-state index contributed by atoms with van der Waals surface area (Å²) in [6, 6.07) is 0. The molecule has 19 heavy (non-hydrogen) atoms. The molecule has 0 spiro atoms. The summed E-state index contributed by atoms with van der Waals surface area (Å²) in [4.78, 5) is 0. The maximum atomic E-state index is 5.62. The first-order valence-electron chi connectivity index (χ1n) is 7.04. The molecule has 0 heterocycles. The topological polar surface area (TPSA) is 68.4 Å². The maximum Gasteiger partial charge on any atom is 0.415 e. The minimum atomic E-state index is -1.34.